The standard InChI is InChI=1S/C3H5F.CH2O3/c4-3-1-2-3;2-1(3)4/h3H,1-2H2;(H2,2,3,4). The highest BCUT2D eigenvalue weighted by Crippen LogP contribution is 2.22. The van der Waals surface area contributed by atoms with E-state index in [1.54, 1.807) is 0 Å². The smallest absolute Gasteiger partial charge is 0.450 e. The molecule has 1 aliphatic carbocycles. The van der Waals surface area contributed by atoms with Crippen molar-refractivity contribution in [1.29, 1.82) is 0 Å². The Kier molecular flexibility index (Phi) is 2.91. The van der Waals surface area contributed by atoms with Crippen LogP contribution in [0.15, 0.2) is 0 Å². The average Bonchev–Trinajstić information content (AvgIpc) is 2.19. The Morgan fingerprint density at radius 2 is 1.62 bits per heavy atom. The van der Waals surface area contributed by atoms with E-state index < -0.39 is 12.3 Å². The van der Waals surface area contributed by atoms with Gasteiger partial charge in [-0.3, -0.25) is 0 Å². The second kappa shape index (κ2) is 3.23. The zero-order valence-corrected chi connectivity index (χ0v) is 4.17. The molecule has 48 valence electrons. The van der Waals surface area contributed by atoms with Crippen LogP contribution in [-0.4, -0.2) is 22.5 Å². The largest absolute Gasteiger partial charge is 0.503 e. The summed E-state index contributed by atoms with van der Waals surface area (Å²) in [5, 5.41) is 13.9. The molecule has 0 bridgehead atoms. The molecule has 8 heavy (non-hydrogen) atoms. The van der Waals surface area contributed by atoms with Crippen molar-refractivity contribution < 1.29 is 19.4 Å². The fraction of sp³-hybridized carbons (Fsp3) is 0.750. The zero-order chi connectivity index (χ0) is 6.57. The summed E-state index contributed by atoms with van der Waals surface area (Å²) in [6, 6.07) is 0. The summed E-state index contributed by atoms with van der Waals surface area (Å²) in [6.07, 6.45) is -0.611. The molecule has 3 nitrogen and oxygen atoms in total. The van der Waals surface area contributed by atoms with Crippen molar-refractivity contribution in [2.75, 3.05) is 0 Å². The number of hydrogen-bond donors (Lipinski definition) is 2. The first-order valence-electron chi connectivity index (χ1n) is 2.19. The Labute approximate surface area is 45.7 Å². The van der Waals surface area contributed by atoms with Crippen molar-refractivity contribution in [3.63, 3.8) is 0 Å². The fourth-order valence-corrected chi connectivity index (χ4v) is 0.0630. The van der Waals surface area contributed by atoms with Gasteiger partial charge in [0, 0.05) is 0 Å². The average molecular weight is 122 g/mol. The van der Waals surface area contributed by atoms with E-state index in [9.17, 15) is 4.39 Å². The molecule has 0 amide bonds. The van der Waals surface area contributed by atoms with Crippen molar-refractivity contribution >= 4 is 6.16 Å². The van der Waals surface area contributed by atoms with Gasteiger partial charge in [0.25, 0.3) is 0 Å². The molecule has 0 radical (unpaired) electrons. The van der Waals surface area contributed by atoms with E-state index in [-0.39, 0.29) is 0 Å². The molecule has 0 aliphatic heterocycles. The molecule has 4 heteroatoms. The van der Waals surface area contributed by atoms with Gasteiger partial charge in [0.15, 0.2) is 0 Å². The van der Waals surface area contributed by atoms with E-state index in [4.69, 9.17) is 15.0 Å². The van der Waals surface area contributed by atoms with Gasteiger partial charge in [-0.2, -0.15) is 0 Å². The van der Waals surface area contributed by atoms with Crippen LogP contribution < -0.4 is 0 Å². The number of hydrogen-bond acceptors (Lipinski definition) is 1. The Hall–Kier alpha value is -0.800. The van der Waals surface area contributed by atoms with Gasteiger partial charge in [0.05, 0.1) is 0 Å². The molecular formula is C4H7FO3. The first-order valence-corrected chi connectivity index (χ1v) is 2.19. The molecule has 0 saturated heterocycles. The van der Waals surface area contributed by atoms with Crippen molar-refractivity contribution in [3.05, 3.63) is 0 Å². The quantitative estimate of drug-likeness (QED) is 0.509. The van der Waals surface area contributed by atoms with Crippen LogP contribution >= 0.6 is 0 Å². The van der Waals surface area contributed by atoms with Gasteiger partial charge in [-0.05, 0) is 12.8 Å². The highest BCUT2D eigenvalue weighted by atomic mass is 19.1. The minimum atomic E-state index is -1.83. The van der Waals surface area contributed by atoms with Crippen molar-refractivity contribution in [2.45, 2.75) is 19.0 Å². The highest BCUT2D eigenvalue weighted by Gasteiger charge is 2.18. The molecule has 2 N–H and O–H groups in total. The lowest BCUT2D eigenvalue weighted by molar-refractivity contribution is 0.137. The van der Waals surface area contributed by atoms with Crippen LogP contribution in [0.1, 0.15) is 12.8 Å². The topological polar surface area (TPSA) is 57.5 Å². The van der Waals surface area contributed by atoms with Gasteiger partial charge in [-0.1, -0.05) is 0 Å². The molecule has 0 heterocycles. The molecule has 0 atom stereocenters. The SMILES string of the molecule is FC1CC1.O=C(O)O. The Bertz CT molecular complexity index is 75.4. The summed E-state index contributed by atoms with van der Waals surface area (Å²) in [6.45, 7) is 0. The maximum Gasteiger partial charge on any atom is 0.503 e. The van der Waals surface area contributed by atoms with Gasteiger partial charge < -0.3 is 10.2 Å². The van der Waals surface area contributed by atoms with Crippen LogP contribution in [-0.2, 0) is 0 Å². The van der Waals surface area contributed by atoms with E-state index in [1.807, 2.05) is 0 Å². The van der Waals surface area contributed by atoms with Crippen LogP contribution in [0.2, 0.25) is 0 Å². The molecule has 1 rings (SSSR count). The summed E-state index contributed by atoms with van der Waals surface area (Å²) >= 11 is 0. The van der Waals surface area contributed by atoms with Gasteiger partial charge >= 0.3 is 6.16 Å². The van der Waals surface area contributed by atoms with E-state index in [0.717, 1.165) is 12.8 Å². The number of rotatable bonds is 0. The number of carboxylic acid groups (broad SMARTS) is 2. The molecule has 1 aliphatic rings. The lowest BCUT2D eigenvalue weighted by Crippen LogP contribution is -1.81. The lowest BCUT2D eigenvalue weighted by Gasteiger charge is -1.60. The Morgan fingerprint density at radius 3 is 1.62 bits per heavy atom. The summed E-state index contributed by atoms with van der Waals surface area (Å²) in [5.74, 6) is 0. The summed E-state index contributed by atoms with van der Waals surface area (Å²) < 4.78 is 11.1. The van der Waals surface area contributed by atoms with Gasteiger partial charge in [0.1, 0.15) is 6.17 Å². The predicted molar refractivity (Wildman–Crippen MR) is 24.8 cm³/mol. The molecular weight excluding hydrogens is 115 g/mol. The fourth-order valence-electron chi connectivity index (χ4n) is 0.0630. The van der Waals surface area contributed by atoms with Crippen LogP contribution in [0, 0.1) is 0 Å². The summed E-state index contributed by atoms with van der Waals surface area (Å²) in [4.78, 5) is 8.56. The first-order chi connectivity index (χ1) is 3.63. The minimum absolute atomic E-state index is 0.417. The maximum absolute atomic E-state index is 11.1. The summed E-state index contributed by atoms with van der Waals surface area (Å²) in [7, 11) is 0. The van der Waals surface area contributed by atoms with Crippen LogP contribution in [0.25, 0.3) is 0 Å². The molecule has 1 fully saturated rings. The Balaban J connectivity index is 0.000000122. The predicted octanol–water partition coefficient (Wildman–Crippen LogP) is 1.34. The highest BCUT2D eigenvalue weighted by molar-refractivity contribution is 5.53. The van der Waals surface area contributed by atoms with Crippen LogP contribution in [0.5, 0.6) is 0 Å². The van der Waals surface area contributed by atoms with Crippen molar-refractivity contribution in [1.82, 2.24) is 0 Å². The van der Waals surface area contributed by atoms with E-state index >= 15 is 0 Å². The van der Waals surface area contributed by atoms with Gasteiger partial charge in [-0.25, -0.2) is 9.18 Å². The monoisotopic (exact) mass is 122 g/mol. The minimum Gasteiger partial charge on any atom is -0.450 e. The first kappa shape index (κ1) is 7.20. The molecule has 0 unspecified atom stereocenters. The zero-order valence-electron chi connectivity index (χ0n) is 4.17. The second-order valence-corrected chi connectivity index (χ2v) is 1.46. The number of halogens is 1. The van der Waals surface area contributed by atoms with E-state index in [0.29, 0.717) is 0 Å². The van der Waals surface area contributed by atoms with Crippen LogP contribution in [0.4, 0.5) is 9.18 Å². The third kappa shape index (κ3) is 19.0. The van der Waals surface area contributed by atoms with E-state index in [1.165, 1.54) is 0 Å². The number of alkyl halides is 1. The second-order valence-electron chi connectivity index (χ2n) is 1.46. The molecule has 0 aromatic heterocycles. The third-order valence-electron chi connectivity index (χ3n) is 0.507. The van der Waals surface area contributed by atoms with Crippen molar-refractivity contribution in [2.24, 2.45) is 0 Å². The molecule has 1 saturated carbocycles. The van der Waals surface area contributed by atoms with Gasteiger partial charge in [-0.15, -0.1) is 0 Å². The lowest BCUT2D eigenvalue weighted by atomic mass is 10.9. The van der Waals surface area contributed by atoms with Gasteiger partial charge in [0.2, 0.25) is 0 Å². The third-order valence-corrected chi connectivity index (χ3v) is 0.507. The Morgan fingerprint density at radius 1 is 1.50 bits per heavy atom. The molecule has 0 aromatic carbocycles. The molecule has 0 spiro atoms. The normalized spacial score (nSPS) is 16.1. The van der Waals surface area contributed by atoms with E-state index in [2.05, 4.69) is 0 Å². The summed E-state index contributed by atoms with van der Waals surface area (Å²) in [5.41, 5.74) is 0. The van der Waals surface area contributed by atoms with Crippen LogP contribution in [0.3, 0.4) is 0 Å². The maximum atomic E-state index is 11.1. The number of carbonyl (C=O) groups is 1. The van der Waals surface area contributed by atoms with Crippen molar-refractivity contribution in [3.8, 4) is 0 Å². The molecule has 0 aromatic rings.